The SMILES string of the molecule is O=C(Cc1cccs1)NN=Cc1ccccc1Br. The number of carbonyl (C=O) groups excluding carboxylic acids is 1. The van der Waals surface area contributed by atoms with E-state index in [2.05, 4.69) is 26.5 Å². The highest BCUT2D eigenvalue weighted by Gasteiger charge is 2.02. The minimum atomic E-state index is -0.110. The zero-order valence-corrected chi connectivity index (χ0v) is 11.9. The number of nitrogens with one attached hydrogen (secondary N) is 1. The molecular weight excluding hydrogens is 312 g/mol. The topological polar surface area (TPSA) is 41.5 Å². The van der Waals surface area contributed by atoms with Gasteiger partial charge in [0.05, 0.1) is 12.6 Å². The van der Waals surface area contributed by atoms with Crippen molar-refractivity contribution in [2.24, 2.45) is 5.10 Å². The van der Waals surface area contributed by atoms with Gasteiger partial charge in [-0.1, -0.05) is 40.2 Å². The minimum Gasteiger partial charge on any atom is -0.273 e. The fourth-order valence-corrected chi connectivity index (χ4v) is 2.46. The number of nitrogens with zero attached hydrogens (tertiary/aromatic N) is 1. The Balaban J connectivity index is 1.88. The van der Waals surface area contributed by atoms with E-state index >= 15 is 0 Å². The maximum absolute atomic E-state index is 11.6. The zero-order valence-electron chi connectivity index (χ0n) is 9.47. The van der Waals surface area contributed by atoms with Crippen LogP contribution >= 0.6 is 27.3 Å². The zero-order chi connectivity index (χ0) is 12.8. The molecule has 0 saturated heterocycles. The smallest absolute Gasteiger partial charge is 0.245 e. The van der Waals surface area contributed by atoms with Crippen LogP contribution in [0, 0.1) is 0 Å². The van der Waals surface area contributed by atoms with Crippen LogP contribution in [-0.4, -0.2) is 12.1 Å². The second-order valence-electron chi connectivity index (χ2n) is 3.57. The molecule has 1 aromatic carbocycles. The number of hydrogen-bond donors (Lipinski definition) is 1. The van der Waals surface area contributed by atoms with Gasteiger partial charge in [0.1, 0.15) is 0 Å². The highest BCUT2D eigenvalue weighted by Crippen LogP contribution is 2.13. The van der Waals surface area contributed by atoms with Gasteiger partial charge in [-0.2, -0.15) is 5.10 Å². The van der Waals surface area contributed by atoms with E-state index in [0.717, 1.165) is 14.9 Å². The number of amides is 1. The lowest BCUT2D eigenvalue weighted by molar-refractivity contribution is -0.120. The van der Waals surface area contributed by atoms with Crippen molar-refractivity contribution >= 4 is 39.4 Å². The van der Waals surface area contributed by atoms with Crippen LogP contribution in [0.1, 0.15) is 10.4 Å². The first-order valence-electron chi connectivity index (χ1n) is 5.34. The summed E-state index contributed by atoms with van der Waals surface area (Å²) in [5, 5.41) is 5.88. The highest BCUT2D eigenvalue weighted by molar-refractivity contribution is 9.10. The molecule has 0 spiro atoms. The van der Waals surface area contributed by atoms with E-state index in [-0.39, 0.29) is 5.91 Å². The van der Waals surface area contributed by atoms with Gasteiger partial charge in [-0.15, -0.1) is 11.3 Å². The predicted molar refractivity (Wildman–Crippen MR) is 77.9 cm³/mol. The summed E-state index contributed by atoms with van der Waals surface area (Å²) >= 11 is 4.97. The molecule has 0 aliphatic heterocycles. The summed E-state index contributed by atoms with van der Waals surface area (Å²) in [4.78, 5) is 12.6. The Bertz CT molecular complexity index is 552. The molecule has 3 nitrogen and oxygen atoms in total. The molecule has 1 heterocycles. The molecule has 1 N–H and O–H groups in total. The molecule has 0 unspecified atom stereocenters. The fraction of sp³-hybridized carbons (Fsp3) is 0.0769. The average molecular weight is 323 g/mol. The Labute approximate surface area is 118 Å². The fourth-order valence-electron chi connectivity index (χ4n) is 1.36. The normalized spacial score (nSPS) is 10.7. The van der Waals surface area contributed by atoms with E-state index < -0.39 is 0 Å². The lowest BCUT2D eigenvalue weighted by Crippen LogP contribution is -2.19. The average Bonchev–Trinajstić information content (AvgIpc) is 2.84. The number of benzene rings is 1. The van der Waals surface area contributed by atoms with Gasteiger partial charge in [-0.25, -0.2) is 5.43 Å². The van der Waals surface area contributed by atoms with Gasteiger partial charge in [-0.3, -0.25) is 4.79 Å². The van der Waals surface area contributed by atoms with Crippen molar-refractivity contribution < 1.29 is 4.79 Å². The Hall–Kier alpha value is -1.46. The Morgan fingerprint density at radius 3 is 2.89 bits per heavy atom. The largest absolute Gasteiger partial charge is 0.273 e. The molecular formula is C13H11BrN2OS. The molecule has 18 heavy (non-hydrogen) atoms. The number of hydrogen-bond acceptors (Lipinski definition) is 3. The molecule has 2 rings (SSSR count). The van der Waals surface area contributed by atoms with Crippen molar-refractivity contribution in [2.45, 2.75) is 6.42 Å². The van der Waals surface area contributed by atoms with E-state index in [0.29, 0.717) is 6.42 Å². The molecule has 92 valence electrons. The second-order valence-corrected chi connectivity index (χ2v) is 5.46. The Morgan fingerprint density at radius 1 is 1.33 bits per heavy atom. The number of rotatable bonds is 4. The predicted octanol–water partition coefficient (Wildman–Crippen LogP) is 3.20. The van der Waals surface area contributed by atoms with Gasteiger partial charge in [0.15, 0.2) is 0 Å². The molecule has 5 heteroatoms. The summed E-state index contributed by atoms with van der Waals surface area (Å²) in [5.41, 5.74) is 3.44. The van der Waals surface area contributed by atoms with Crippen LogP contribution in [0.4, 0.5) is 0 Å². The van der Waals surface area contributed by atoms with Gasteiger partial charge in [0, 0.05) is 14.9 Å². The van der Waals surface area contributed by atoms with Crippen LogP contribution in [0.25, 0.3) is 0 Å². The van der Waals surface area contributed by atoms with Crippen LogP contribution in [0.5, 0.6) is 0 Å². The molecule has 0 aliphatic rings. The molecule has 1 amide bonds. The summed E-state index contributed by atoms with van der Waals surface area (Å²) in [6.07, 6.45) is 1.99. The van der Waals surface area contributed by atoms with Crippen molar-refractivity contribution in [1.29, 1.82) is 0 Å². The van der Waals surface area contributed by atoms with E-state index in [9.17, 15) is 4.79 Å². The third-order valence-corrected chi connectivity index (χ3v) is 3.81. The number of hydrazone groups is 1. The van der Waals surface area contributed by atoms with Crippen LogP contribution in [0.15, 0.2) is 51.4 Å². The lowest BCUT2D eigenvalue weighted by atomic mass is 10.2. The minimum absolute atomic E-state index is 0.110. The number of carbonyl (C=O) groups is 1. The van der Waals surface area contributed by atoms with Gasteiger partial charge in [-0.05, 0) is 17.5 Å². The Kier molecular flexibility index (Phi) is 4.66. The van der Waals surface area contributed by atoms with Crippen molar-refractivity contribution in [3.63, 3.8) is 0 Å². The summed E-state index contributed by atoms with van der Waals surface area (Å²) in [7, 11) is 0. The Morgan fingerprint density at radius 2 is 2.17 bits per heavy atom. The van der Waals surface area contributed by atoms with Crippen LogP contribution < -0.4 is 5.43 Å². The summed E-state index contributed by atoms with van der Waals surface area (Å²) in [6.45, 7) is 0. The van der Waals surface area contributed by atoms with Crippen molar-refractivity contribution in [2.75, 3.05) is 0 Å². The van der Waals surface area contributed by atoms with Crippen LogP contribution in [0.3, 0.4) is 0 Å². The standard InChI is InChI=1S/C13H11BrN2OS/c14-12-6-2-1-4-10(12)9-15-16-13(17)8-11-5-3-7-18-11/h1-7,9H,8H2,(H,16,17). The molecule has 0 aliphatic carbocycles. The first kappa shape index (κ1) is 13.0. The first-order valence-corrected chi connectivity index (χ1v) is 7.02. The van der Waals surface area contributed by atoms with E-state index in [1.807, 2.05) is 41.8 Å². The second kappa shape index (κ2) is 6.47. The van der Waals surface area contributed by atoms with Gasteiger partial charge >= 0.3 is 0 Å². The maximum atomic E-state index is 11.6. The quantitative estimate of drug-likeness (QED) is 0.681. The van der Waals surface area contributed by atoms with E-state index in [1.165, 1.54) is 0 Å². The van der Waals surface area contributed by atoms with Crippen molar-refractivity contribution in [3.05, 3.63) is 56.7 Å². The van der Waals surface area contributed by atoms with Gasteiger partial charge in [0.25, 0.3) is 0 Å². The van der Waals surface area contributed by atoms with Crippen molar-refractivity contribution in [3.8, 4) is 0 Å². The molecule has 1 aromatic heterocycles. The van der Waals surface area contributed by atoms with Gasteiger partial charge < -0.3 is 0 Å². The lowest BCUT2D eigenvalue weighted by Gasteiger charge is -1.98. The van der Waals surface area contributed by atoms with Crippen LogP contribution in [0.2, 0.25) is 0 Å². The molecule has 0 saturated carbocycles. The molecule has 0 atom stereocenters. The first-order chi connectivity index (χ1) is 8.75. The molecule has 0 bridgehead atoms. The molecule has 2 aromatic rings. The summed E-state index contributed by atoms with van der Waals surface area (Å²) < 4.78 is 0.946. The van der Waals surface area contributed by atoms with E-state index in [4.69, 9.17) is 0 Å². The van der Waals surface area contributed by atoms with Gasteiger partial charge in [0.2, 0.25) is 5.91 Å². The highest BCUT2D eigenvalue weighted by atomic mass is 79.9. The summed E-state index contributed by atoms with van der Waals surface area (Å²) in [5.74, 6) is -0.110. The van der Waals surface area contributed by atoms with E-state index in [1.54, 1.807) is 17.6 Å². The third kappa shape index (κ3) is 3.78. The number of thiophene rings is 1. The maximum Gasteiger partial charge on any atom is 0.245 e. The summed E-state index contributed by atoms with van der Waals surface area (Å²) in [6, 6.07) is 11.5. The molecule has 0 fully saturated rings. The third-order valence-electron chi connectivity index (χ3n) is 2.21. The molecule has 0 radical (unpaired) electrons. The number of halogens is 1. The monoisotopic (exact) mass is 322 g/mol. The van der Waals surface area contributed by atoms with Crippen molar-refractivity contribution in [1.82, 2.24) is 5.43 Å². The van der Waals surface area contributed by atoms with Crippen LogP contribution in [-0.2, 0) is 11.2 Å².